The zero-order chi connectivity index (χ0) is 14.7. The average Bonchev–Trinajstić information content (AvgIpc) is 2.83. The highest BCUT2D eigenvalue weighted by molar-refractivity contribution is 6.34. The van der Waals surface area contributed by atoms with Gasteiger partial charge in [-0.1, -0.05) is 43.0 Å². The van der Waals surface area contributed by atoms with Gasteiger partial charge < -0.3 is 10.1 Å². The van der Waals surface area contributed by atoms with Crippen molar-refractivity contribution in [1.82, 2.24) is 5.32 Å². The summed E-state index contributed by atoms with van der Waals surface area (Å²) in [7, 11) is 2.00. The number of halogens is 2. The van der Waals surface area contributed by atoms with Crippen LogP contribution in [0.5, 0.6) is 5.75 Å². The molecule has 2 rings (SSSR count). The van der Waals surface area contributed by atoms with Gasteiger partial charge in [-0.25, -0.2) is 0 Å². The van der Waals surface area contributed by atoms with Crippen molar-refractivity contribution in [2.75, 3.05) is 13.7 Å². The summed E-state index contributed by atoms with van der Waals surface area (Å²) in [4.78, 5) is 0. The molecule has 2 nitrogen and oxygen atoms in total. The number of benzene rings is 1. The molecule has 1 N–H and O–H groups in total. The highest BCUT2D eigenvalue weighted by Gasteiger charge is 2.32. The van der Waals surface area contributed by atoms with E-state index in [1.807, 2.05) is 26.1 Å². The van der Waals surface area contributed by atoms with Gasteiger partial charge >= 0.3 is 0 Å². The summed E-state index contributed by atoms with van der Waals surface area (Å²) in [6.45, 7) is 4.85. The molecule has 3 unspecified atom stereocenters. The van der Waals surface area contributed by atoms with E-state index in [1.54, 1.807) is 0 Å². The Morgan fingerprint density at radius 2 is 2.05 bits per heavy atom. The molecule has 0 aromatic heterocycles. The van der Waals surface area contributed by atoms with Gasteiger partial charge in [0.1, 0.15) is 5.75 Å². The lowest BCUT2D eigenvalue weighted by molar-refractivity contribution is 0.314. The van der Waals surface area contributed by atoms with Crippen LogP contribution in [0.3, 0.4) is 0 Å². The highest BCUT2D eigenvalue weighted by atomic mass is 35.5. The minimum atomic E-state index is 0.258. The average molecular weight is 316 g/mol. The van der Waals surface area contributed by atoms with E-state index in [2.05, 4.69) is 12.2 Å². The summed E-state index contributed by atoms with van der Waals surface area (Å²) in [5, 5.41) is 4.80. The molecule has 1 aromatic rings. The maximum absolute atomic E-state index is 6.46. The van der Waals surface area contributed by atoms with Crippen LogP contribution in [0.4, 0.5) is 0 Å². The molecule has 0 radical (unpaired) electrons. The van der Waals surface area contributed by atoms with Gasteiger partial charge in [-0.05, 0) is 43.9 Å². The monoisotopic (exact) mass is 315 g/mol. The van der Waals surface area contributed by atoms with Crippen LogP contribution >= 0.6 is 23.2 Å². The van der Waals surface area contributed by atoms with Gasteiger partial charge in [0.15, 0.2) is 0 Å². The van der Waals surface area contributed by atoms with Gasteiger partial charge in [0.2, 0.25) is 0 Å². The fraction of sp³-hybridized carbons (Fsp3) is 0.625. The smallest absolute Gasteiger partial charge is 0.139 e. The maximum Gasteiger partial charge on any atom is 0.139 e. The zero-order valence-electron chi connectivity index (χ0n) is 12.4. The van der Waals surface area contributed by atoms with Crippen LogP contribution in [0, 0.1) is 11.8 Å². The molecular weight excluding hydrogens is 293 g/mol. The van der Waals surface area contributed by atoms with Crippen LogP contribution in [-0.2, 0) is 0 Å². The molecular formula is C16H23Cl2NO. The van der Waals surface area contributed by atoms with Gasteiger partial charge in [-0.3, -0.25) is 0 Å². The van der Waals surface area contributed by atoms with E-state index in [-0.39, 0.29) is 6.04 Å². The molecule has 0 amide bonds. The largest absolute Gasteiger partial charge is 0.492 e. The van der Waals surface area contributed by atoms with Gasteiger partial charge in [0, 0.05) is 17.1 Å². The molecule has 1 aliphatic carbocycles. The van der Waals surface area contributed by atoms with Gasteiger partial charge in [0.05, 0.1) is 11.6 Å². The molecule has 112 valence electrons. The number of hydrogen-bond acceptors (Lipinski definition) is 2. The van der Waals surface area contributed by atoms with Crippen molar-refractivity contribution >= 4 is 23.2 Å². The second kappa shape index (κ2) is 7.02. The van der Waals surface area contributed by atoms with Gasteiger partial charge in [0.25, 0.3) is 0 Å². The van der Waals surface area contributed by atoms with Crippen LogP contribution in [0.2, 0.25) is 10.0 Å². The predicted octanol–water partition coefficient (Wildman–Crippen LogP) is 5.09. The Balaban J connectivity index is 2.32. The summed E-state index contributed by atoms with van der Waals surface area (Å²) in [6, 6.07) is 4.06. The first kappa shape index (κ1) is 15.9. The highest BCUT2D eigenvalue weighted by Crippen LogP contribution is 2.43. The van der Waals surface area contributed by atoms with E-state index in [4.69, 9.17) is 27.9 Å². The Morgan fingerprint density at radius 1 is 1.30 bits per heavy atom. The van der Waals surface area contributed by atoms with E-state index in [1.165, 1.54) is 19.3 Å². The van der Waals surface area contributed by atoms with Crippen LogP contribution in [0.1, 0.15) is 44.7 Å². The van der Waals surface area contributed by atoms with Crippen molar-refractivity contribution in [2.24, 2.45) is 11.8 Å². The van der Waals surface area contributed by atoms with E-state index in [9.17, 15) is 0 Å². The fourth-order valence-electron chi connectivity index (χ4n) is 3.32. The maximum atomic E-state index is 6.46. The van der Waals surface area contributed by atoms with Crippen molar-refractivity contribution in [3.63, 3.8) is 0 Å². The molecule has 3 atom stereocenters. The van der Waals surface area contributed by atoms with Gasteiger partial charge in [-0.2, -0.15) is 0 Å². The van der Waals surface area contributed by atoms with Crippen molar-refractivity contribution < 1.29 is 4.74 Å². The fourth-order valence-corrected chi connectivity index (χ4v) is 3.82. The van der Waals surface area contributed by atoms with E-state index >= 15 is 0 Å². The first-order valence-corrected chi connectivity index (χ1v) is 8.13. The third-order valence-corrected chi connectivity index (χ3v) is 4.98. The molecule has 1 fully saturated rings. The molecule has 0 spiro atoms. The molecule has 0 aliphatic heterocycles. The number of nitrogens with one attached hydrogen (secondary N) is 1. The second-order valence-electron chi connectivity index (χ2n) is 5.58. The molecule has 1 aliphatic rings. The Kier molecular flexibility index (Phi) is 5.59. The zero-order valence-corrected chi connectivity index (χ0v) is 13.9. The van der Waals surface area contributed by atoms with Crippen LogP contribution in [0.25, 0.3) is 0 Å². The first-order valence-electron chi connectivity index (χ1n) is 7.37. The summed E-state index contributed by atoms with van der Waals surface area (Å²) in [6.07, 6.45) is 3.84. The lowest BCUT2D eigenvalue weighted by Gasteiger charge is -2.28. The van der Waals surface area contributed by atoms with Crippen LogP contribution in [0.15, 0.2) is 12.1 Å². The summed E-state index contributed by atoms with van der Waals surface area (Å²) >= 11 is 12.8. The molecule has 1 aromatic carbocycles. The molecule has 20 heavy (non-hydrogen) atoms. The normalized spacial score (nSPS) is 23.9. The van der Waals surface area contributed by atoms with E-state index in [0.717, 1.165) is 10.6 Å². The Hall–Kier alpha value is -0.440. The standard InChI is InChI=1S/C16H23Cl2NO/c1-4-20-15-9-13(17)12(8-14(15)18)16(19-3)11-7-5-6-10(11)2/h8-11,16,19H,4-7H2,1-3H3. The number of ether oxygens (including phenoxy) is 1. The Bertz CT molecular complexity index is 464. The minimum absolute atomic E-state index is 0.258. The van der Waals surface area contributed by atoms with Crippen molar-refractivity contribution in [3.05, 3.63) is 27.7 Å². The second-order valence-corrected chi connectivity index (χ2v) is 6.39. The van der Waals surface area contributed by atoms with Crippen molar-refractivity contribution in [3.8, 4) is 5.75 Å². The van der Waals surface area contributed by atoms with Crippen molar-refractivity contribution in [2.45, 2.75) is 39.2 Å². The van der Waals surface area contributed by atoms with Crippen LogP contribution in [-0.4, -0.2) is 13.7 Å². The third-order valence-electron chi connectivity index (χ3n) is 4.35. The SMILES string of the molecule is CCOc1cc(Cl)c(C(NC)C2CCCC2C)cc1Cl. The number of rotatable bonds is 5. The summed E-state index contributed by atoms with van der Waals surface area (Å²) in [5.74, 6) is 2.00. The van der Waals surface area contributed by atoms with Gasteiger partial charge in [-0.15, -0.1) is 0 Å². The Morgan fingerprint density at radius 3 is 2.60 bits per heavy atom. The van der Waals surface area contributed by atoms with Crippen LogP contribution < -0.4 is 10.1 Å². The molecule has 0 saturated heterocycles. The number of hydrogen-bond donors (Lipinski definition) is 1. The first-order chi connectivity index (χ1) is 9.58. The lowest BCUT2D eigenvalue weighted by atomic mass is 9.86. The third kappa shape index (κ3) is 3.24. The Labute approximate surface area is 131 Å². The quantitative estimate of drug-likeness (QED) is 0.817. The minimum Gasteiger partial charge on any atom is -0.492 e. The van der Waals surface area contributed by atoms with E-state index < -0.39 is 0 Å². The predicted molar refractivity (Wildman–Crippen MR) is 85.9 cm³/mol. The summed E-state index contributed by atoms with van der Waals surface area (Å²) < 4.78 is 5.50. The molecule has 4 heteroatoms. The molecule has 0 bridgehead atoms. The molecule has 1 saturated carbocycles. The summed E-state index contributed by atoms with van der Waals surface area (Å²) in [5.41, 5.74) is 1.08. The lowest BCUT2D eigenvalue weighted by Crippen LogP contribution is -2.27. The van der Waals surface area contributed by atoms with Crippen molar-refractivity contribution in [1.29, 1.82) is 0 Å². The van der Waals surface area contributed by atoms with E-state index in [0.29, 0.717) is 29.2 Å². The molecule has 0 heterocycles. The topological polar surface area (TPSA) is 21.3 Å².